The summed E-state index contributed by atoms with van der Waals surface area (Å²) >= 11 is 0. The van der Waals surface area contributed by atoms with E-state index in [2.05, 4.69) is 102 Å². The van der Waals surface area contributed by atoms with E-state index in [0.29, 0.717) is 0 Å². The van der Waals surface area contributed by atoms with Crippen molar-refractivity contribution in [3.8, 4) is 11.3 Å². The second kappa shape index (κ2) is 7.79. The molecule has 2 heterocycles. The van der Waals surface area contributed by atoms with Gasteiger partial charge in [-0.1, -0.05) is 50.6 Å². The Bertz CT molecular complexity index is 960. The number of anilines is 1. The van der Waals surface area contributed by atoms with Gasteiger partial charge in [0.25, 0.3) is 0 Å². The molecule has 0 fully saturated rings. The SMILES string of the molecule is Cc1ccc(-c2nc3cc(C)cc(C)n3c2NC(C)(C)CC(C)(C)C)cc1.Cl. The highest BCUT2D eigenvalue weighted by Gasteiger charge is 2.28. The number of rotatable bonds is 4. The maximum absolute atomic E-state index is 5.02. The quantitative estimate of drug-likeness (QED) is 0.512. The van der Waals surface area contributed by atoms with E-state index in [0.717, 1.165) is 29.1 Å². The number of nitrogens with zero attached hydrogens (tertiary/aromatic N) is 2. The molecule has 0 radical (unpaired) electrons. The molecule has 0 spiro atoms. The second-order valence-electron chi connectivity index (χ2n) is 9.79. The minimum atomic E-state index is -0.0506. The van der Waals surface area contributed by atoms with E-state index in [1.54, 1.807) is 0 Å². The predicted octanol–water partition coefficient (Wildman–Crippen LogP) is 6.98. The molecule has 152 valence electrons. The summed E-state index contributed by atoms with van der Waals surface area (Å²) < 4.78 is 2.26. The van der Waals surface area contributed by atoms with Crippen molar-refractivity contribution in [2.75, 3.05) is 5.32 Å². The minimum absolute atomic E-state index is 0. The van der Waals surface area contributed by atoms with Crippen molar-refractivity contribution in [3.63, 3.8) is 0 Å². The molecule has 0 amide bonds. The van der Waals surface area contributed by atoms with E-state index in [-0.39, 0.29) is 23.4 Å². The van der Waals surface area contributed by atoms with Crippen molar-refractivity contribution in [1.82, 2.24) is 9.38 Å². The largest absolute Gasteiger partial charge is 0.364 e. The molecular weight excluding hydrogens is 366 g/mol. The Kier molecular flexibility index (Phi) is 6.20. The number of pyridine rings is 1. The van der Waals surface area contributed by atoms with Crippen LogP contribution in [0.4, 0.5) is 5.82 Å². The molecular formula is C24H34ClN3. The van der Waals surface area contributed by atoms with Crippen LogP contribution in [0.3, 0.4) is 0 Å². The summed E-state index contributed by atoms with van der Waals surface area (Å²) in [5.74, 6) is 1.08. The molecule has 0 aliphatic carbocycles. The normalized spacial score (nSPS) is 12.1. The molecule has 0 aliphatic heterocycles. The maximum Gasteiger partial charge on any atom is 0.139 e. The molecule has 3 nitrogen and oxygen atoms in total. The molecule has 3 rings (SSSR count). The lowest BCUT2D eigenvalue weighted by atomic mass is 9.82. The van der Waals surface area contributed by atoms with Crippen LogP contribution >= 0.6 is 12.4 Å². The Morgan fingerprint density at radius 1 is 0.893 bits per heavy atom. The molecule has 1 aromatic carbocycles. The van der Waals surface area contributed by atoms with E-state index in [1.165, 1.54) is 16.8 Å². The summed E-state index contributed by atoms with van der Waals surface area (Å²) in [4.78, 5) is 5.02. The topological polar surface area (TPSA) is 29.3 Å². The van der Waals surface area contributed by atoms with Crippen LogP contribution in [-0.4, -0.2) is 14.9 Å². The van der Waals surface area contributed by atoms with Gasteiger partial charge in [-0.2, -0.15) is 0 Å². The zero-order chi connectivity index (χ0) is 20.0. The Balaban J connectivity index is 0.00000280. The van der Waals surface area contributed by atoms with Crippen molar-refractivity contribution in [2.45, 2.75) is 67.3 Å². The molecule has 0 unspecified atom stereocenters. The molecule has 0 bridgehead atoms. The van der Waals surface area contributed by atoms with Gasteiger partial charge in [0.05, 0.1) is 0 Å². The third kappa shape index (κ3) is 4.88. The van der Waals surface area contributed by atoms with E-state index in [4.69, 9.17) is 4.98 Å². The van der Waals surface area contributed by atoms with Crippen LogP contribution in [0.2, 0.25) is 0 Å². The summed E-state index contributed by atoms with van der Waals surface area (Å²) in [7, 11) is 0. The minimum Gasteiger partial charge on any atom is -0.364 e. The molecule has 0 saturated carbocycles. The summed E-state index contributed by atoms with van der Waals surface area (Å²) in [6, 6.07) is 13.0. The molecule has 1 N–H and O–H groups in total. The standard InChI is InChI=1S/C24H33N3.ClH/c1-16-9-11-19(12-10-16)21-22(26-24(7,8)15-23(4,5)6)27-18(3)13-17(2)14-20(27)25-21;/h9-14,26H,15H2,1-8H3;1H. The van der Waals surface area contributed by atoms with Gasteiger partial charge in [-0.3, -0.25) is 4.40 Å². The van der Waals surface area contributed by atoms with Crippen LogP contribution in [0.15, 0.2) is 36.4 Å². The van der Waals surface area contributed by atoms with Gasteiger partial charge in [0.15, 0.2) is 0 Å². The van der Waals surface area contributed by atoms with E-state index in [1.807, 2.05) is 0 Å². The molecule has 0 atom stereocenters. The Labute approximate surface area is 176 Å². The average Bonchev–Trinajstić information content (AvgIpc) is 2.83. The van der Waals surface area contributed by atoms with E-state index in [9.17, 15) is 0 Å². The van der Waals surface area contributed by atoms with Gasteiger partial charge in [-0.25, -0.2) is 4.98 Å². The highest BCUT2D eigenvalue weighted by Crippen LogP contribution is 2.35. The smallest absolute Gasteiger partial charge is 0.139 e. The highest BCUT2D eigenvalue weighted by molar-refractivity contribution is 5.85. The molecule has 2 aromatic heterocycles. The summed E-state index contributed by atoms with van der Waals surface area (Å²) in [6.45, 7) is 17.8. The van der Waals surface area contributed by atoms with Crippen LogP contribution in [0.5, 0.6) is 0 Å². The maximum atomic E-state index is 5.02. The first-order chi connectivity index (χ1) is 12.5. The van der Waals surface area contributed by atoms with Crippen LogP contribution in [0.25, 0.3) is 16.9 Å². The molecule has 28 heavy (non-hydrogen) atoms. The van der Waals surface area contributed by atoms with Crippen LogP contribution < -0.4 is 5.32 Å². The summed E-state index contributed by atoms with van der Waals surface area (Å²) in [6.07, 6.45) is 1.06. The van der Waals surface area contributed by atoms with Crippen LogP contribution in [0.1, 0.15) is 57.9 Å². The van der Waals surface area contributed by atoms with Gasteiger partial charge in [0.1, 0.15) is 17.2 Å². The number of imidazole rings is 1. The zero-order valence-corrected chi connectivity index (χ0v) is 19.3. The van der Waals surface area contributed by atoms with Crippen molar-refractivity contribution >= 4 is 23.9 Å². The first-order valence-electron chi connectivity index (χ1n) is 9.80. The summed E-state index contributed by atoms with van der Waals surface area (Å²) in [5, 5.41) is 3.84. The van der Waals surface area contributed by atoms with Crippen molar-refractivity contribution < 1.29 is 0 Å². The Morgan fingerprint density at radius 3 is 2.07 bits per heavy atom. The monoisotopic (exact) mass is 399 g/mol. The molecule has 4 heteroatoms. The number of benzene rings is 1. The number of nitrogens with one attached hydrogen (secondary N) is 1. The van der Waals surface area contributed by atoms with Gasteiger partial charge in [0, 0.05) is 16.8 Å². The first kappa shape index (κ1) is 22.3. The van der Waals surface area contributed by atoms with Gasteiger partial charge in [-0.15, -0.1) is 12.4 Å². The highest BCUT2D eigenvalue weighted by atomic mass is 35.5. The Hall–Kier alpha value is -2.00. The van der Waals surface area contributed by atoms with Crippen molar-refractivity contribution in [3.05, 3.63) is 53.2 Å². The lowest BCUT2D eigenvalue weighted by molar-refractivity contribution is 0.302. The number of fused-ring (bicyclic) bond motifs is 1. The Morgan fingerprint density at radius 2 is 1.50 bits per heavy atom. The fraction of sp³-hybridized carbons (Fsp3) is 0.458. The number of hydrogen-bond donors (Lipinski definition) is 1. The fourth-order valence-corrected chi connectivity index (χ4v) is 4.25. The predicted molar refractivity (Wildman–Crippen MR) is 124 cm³/mol. The molecule has 0 saturated heterocycles. The van der Waals surface area contributed by atoms with Crippen molar-refractivity contribution in [1.29, 1.82) is 0 Å². The fourth-order valence-electron chi connectivity index (χ4n) is 4.25. The number of aromatic nitrogens is 2. The van der Waals surface area contributed by atoms with Crippen LogP contribution in [0, 0.1) is 26.2 Å². The second-order valence-corrected chi connectivity index (χ2v) is 9.79. The zero-order valence-electron chi connectivity index (χ0n) is 18.5. The van der Waals surface area contributed by atoms with Crippen molar-refractivity contribution in [2.24, 2.45) is 5.41 Å². The molecule has 0 aliphatic rings. The summed E-state index contributed by atoms with van der Waals surface area (Å²) in [5.41, 5.74) is 7.05. The first-order valence-corrected chi connectivity index (χ1v) is 9.80. The van der Waals surface area contributed by atoms with Crippen LogP contribution in [-0.2, 0) is 0 Å². The lowest BCUT2D eigenvalue weighted by Gasteiger charge is -2.34. The average molecular weight is 400 g/mol. The van der Waals surface area contributed by atoms with E-state index < -0.39 is 0 Å². The third-order valence-electron chi connectivity index (χ3n) is 4.80. The van der Waals surface area contributed by atoms with E-state index >= 15 is 0 Å². The van der Waals surface area contributed by atoms with Gasteiger partial charge >= 0.3 is 0 Å². The molecule has 3 aromatic rings. The number of halogens is 1. The third-order valence-corrected chi connectivity index (χ3v) is 4.80. The lowest BCUT2D eigenvalue weighted by Crippen LogP contribution is -2.36. The number of hydrogen-bond acceptors (Lipinski definition) is 2. The number of aryl methyl sites for hydroxylation is 3. The van der Waals surface area contributed by atoms with Gasteiger partial charge in [0.2, 0.25) is 0 Å². The van der Waals surface area contributed by atoms with Gasteiger partial charge < -0.3 is 5.32 Å². The van der Waals surface area contributed by atoms with Gasteiger partial charge in [-0.05, 0) is 64.2 Å².